The van der Waals surface area contributed by atoms with E-state index in [9.17, 15) is 22.8 Å². The van der Waals surface area contributed by atoms with Gasteiger partial charge in [-0.3, -0.25) is 9.59 Å². The highest BCUT2D eigenvalue weighted by atomic mass is 19.4. The molecule has 27 heavy (non-hydrogen) atoms. The van der Waals surface area contributed by atoms with Gasteiger partial charge in [0, 0.05) is 11.8 Å². The molecule has 2 amide bonds. The molecule has 0 aromatic heterocycles. The number of carbonyl (C=O) groups excluding carboxylic acids is 2. The van der Waals surface area contributed by atoms with E-state index in [0.29, 0.717) is 11.4 Å². The van der Waals surface area contributed by atoms with Crippen molar-refractivity contribution in [2.45, 2.75) is 19.0 Å². The Balaban J connectivity index is 1.76. The summed E-state index contributed by atoms with van der Waals surface area (Å²) in [5.74, 6) is -0.779. The summed E-state index contributed by atoms with van der Waals surface area (Å²) in [7, 11) is 1.48. The van der Waals surface area contributed by atoms with E-state index in [0.717, 1.165) is 12.1 Å². The van der Waals surface area contributed by atoms with Gasteiger partial charge in [-0.25, -0.2) is 0 Å². The number of nitrogens with one attached hydrogen (secondary N) is 2. The van der Waals surface area contributed by atoms with Crippen LogP contribution in [0.15, 0.2) is 48.5 Å². The molecule has 0 radical (unpaired) electrons. The van der Waals surface area contributed by atoms with Gasteiger partial charge in [0.1, 0.15) is 11.2 Å². The van der Waals surface area contributed by atoms with E-state index >= 15 is 0 Å². The van der Waals surface area contributed by atoms with Crippen LogP contribution in [0.25, 0.3) is 0 Å². The molecule has 8 heteroatoms. The molecule has 1 fully saturated rings. The molecule has 0 bridgehead atoms. The zero-order chi connectivity index (χ0) is 19.7. The quantitative estimate of drug-likeness (QED) is 0.771. The summed E-state index contributed by atoms with van der Waals surface area (Å²) in [5, 5.41) is 4.89. The minimum absolute atomic E-state index is 0.267. The number of para-hydroxylation sites is 1. The number of ether oxygens (including phenoxy) is 1. The average Bonchev–Trinajstić information content (AvgIpc) is 3.43. The van der Waals surface area contributed by atoms with Crippen LogP contribution in [0.5, 0.6) is 5.75 Å². The molecule has 0 atom stereocenters. The largest absolute Gasteiger partial charge is 0.497 e. The van der Waals surface area contributed by atoms with Crippen molar-refractivity contribution in [1.82, 2.24) is 0 Å². The Bertz CT molecular complexity index is 876. The molecule has 0 aliphatic heterocycles. The van der Waals surface area contributed by atoms with Gasteiger partial charge in [-0.1, -0.05) is 18.2 Å². The summed E-state index contributed by atoms with van der Waals surface area (Å²) < 4.78 is 44.3. The molecule has 1 aliphatic carbocycles. The second-order valence-electron chi connectivity index (χ2n) is 6.27. The molecule has 0 unspecified atom stereocenters. The molecule has 2 aromatic carbocycles. The number of benzene rings is 2. The second-order valence-corrected chi connectivity index (χ2v) is 6.27. The molecule has 2 N–H and O–H groups in total. The molecule has 2 aromatic rings. The number of rotatable bonds is 5. The third-order valence-electron chi connectivity index (χ3n) is 4.43. The molecule has 0 spiro atoms. The minimum atomic E-state index is -4.61. The monoisotopic (exact) mass is 378 g/mol. The third kappa shape index (κ3) is 3.89. The molecule has 1 saturated carbocycles. The summed E-state index contributed by atoms with van der Waals surface area (Å²) >= 11 is 0. The third-order valence-corrected chi connectivity index (χ3v) is 4.43. The lowest BCUT2D eigenvalue weighted by Crippen LogP contribution is -2.36. The van der Waals surface area contributed by atoms with Crippen LogP contribution in [0.1, 0.15) is 18.4 Å². The molecule has 0 heterocycles. The van der Waals surface area contributed by atoms with Gasteiger partial charge in [0.2, 0.25) is 11.8 Å². The molecule has 142 valence electrons. The highest BCUT2D eigenvalue weighted by Gasteiger charge is 2.56. The van der Waals surface area contributed by atoms with Crippen LogP contribution in [-0.4, -0.2) is 18.9 Å². The Morgan fingerprint density at radius 3 is 2.30 bits per heavy atom. The topological polar surface area (TPSA) is 67.4 Å². The minimum Gasteiger partial charge on any atom is -0.497 e. The number of alkyl halides is 3. The second kappa shape index (κ2) is 6.94. The van der Waals surface area contributed by atoms with Gasteiger partial charge < -0.3 is 15.4 Å². The lowest BCUT2D eigenvalue weighted by molar-refractivity contribution is -0.137. The van der Waals surface area contributed by atoms with E-state index in [1.807, 2.05) is 0 Å². The van der Waals surface area contributed by atoms with Gasteiger partial charge in [-0.15, -0.1) is 0 Å². The highest BCUT2D eigenvalue weighted by molar-refractivity contribution is 6.17. The summed E-state index contributed by atoms with van der Waals surface area (Å²) in [6, 6.07) is 11.3. The molecule has 5 nitrogen and oxygen atoms in total. The number of hydrogen-bond acceptors (Lipinski definition) is 3. The van der Waals surface area contributed by atoms with Crippen LogP contribution >= 0.6 is 0 Å². The number of carbonyl (C=O) groups is 2. The first-order valence-electron chi connectivity index (χ1n) is 8.19. The fraction of sp³-hybridized carbons (Fsp3) is 0.263. The van der Waals surface area contributed by atoms with Crippen LogP contribution in [0, 0.1) is 5.41 Å². The first kappa shape index (κ1) is 18.8. The van der Waals surface area contributed by atoms with Crippen molar-refractivity contribution in [1.29, 1.82) is 0 Å². The SMILES string of the molecule is COc1cccc(NC(=O)C2(C(=O)Nc3ccccc3C(F)(F)F)CC2)c1. The van der Waals surface area contributed by atoms with Gasteiger partial charge in [-0.2, -0.15) is 13.2 Å². The summed E-state index contributed by atoms with van der Waals surface area (Å²) in [4.78, 5) is 25.1. The summed E-state index contributed by atoms with van der Waals surface area (Å²) in [6.07, 6.45) is -4.07. The van der Waals surface area contributed by atoms with Crippen LogP contribution in [0.2, 0.25) is 0 Å². The van der Waals surface area contributed by atoms with Crippen molar-refractivity contribution in [2.24, 2.45) is 5.41 Å². The maximum atomic E-state index is 13.1. The Morgan fingerprint density at radius 2 is 1.67 bits per heavy atom. The molecular weight excluding hydrogens is 361 g/mol. The highest BCUT2D eigenvalue weighted by Crippen LogP contribution is 2.48. The maximum Gasteiger partial charge on any atom is 0.418 e. The predicted molar refractivity (Wildman–Crippen MR) is 93.4 cm³/mol. The van der Waals surface area contributed by atoms with Gasteiger partial charge >= 0.3 is 6.18 Å². The van der Waals surface area contributed by atoms with Crippen molar-refractivity contribution in [3.05, 3.63) is 54.1 Å². The van der Waals surface area contributed by atoms with Crippen LogP contribution in [0.4, 0.5) is 24.5 Å². The van der Waals surface area contributed by atoms with E-state index in [2.05, 4.69) is 10.6 Å². The first-order chi connectivity index (χ1) is 12.8. The number of hydrogen-bond donors (Lipinski definition) is 2. The summed E-state index contributed by atoms with van der Waals surface area (Å²) in [6.45, 7) is 0. The Morgan fingerprint density at radius 1 is 1.00 bits per heavy atom. The molecule has 0 saturated heterocycles. The maximum absolute atomic E-state index is 13.1. The fourth-order valence-electron chi connectivity index (χ4n) is 2.72. The summed E-state index contributed by atoms with van der Waals surface area (Å²) in [5.41, 5.74) is -2.26. The van der Waals surface area contributed by atoms with Crippen molar-refractivity contribution < 1.29 is 27.5 Å². The molecule has 1 aliphatic rings. The number of methoxy groups -OCH3 is 1. The predicted octanol–water partition coefficient (Wildman–Crippen LogP) is 4.07. The van der Waals surface area contributed by atoms with E-state index in [1.54, 1.807) is 24.3 Å². The van der Waals surface area contributed by atoms with Crippen molar-refractivity contribution >= 4 is 23.2 Å². The van der Waals surface area contributed by atoms with Crippen LogP contribution in [0.3, 0.4) is 0 Å². The van der Waals surface area contributed by atoms with Crippen LogP contribution < -0.4 is 15.4 Å². The number of halogens is 3. The molecular formula is C19H17F3N2O3. The number of anilines is 2. The van der Waals surface area contributed by atoms with Gasteiger partial charge in [0.25, 0.3) is 0 Å². The Labute approximate surface area is 153 Å². The lowest BCUT2D eigenvalue weighted by Gasteiger charge is -2.18. The van der Waals surface area contributed by atoms with Crippen molar-refractivity contribution in [3.63, 3.8) is 0 Å². The van der Waals surface area contributed by atoms with Crippen molar-refractivity contribution in [3.8, 4) is 5.75 Å². The normalized spacial score (nSPS) is 15.0. The standard InChI is InChI=1S/C19H17F3N2O3/c1-27-13-6-4-5-12(11-13)23-16(25)18(9-10-18)17(26)24-15-8-3-2-7-14(15)19(20,21)22/h2-8,11H,9-10H2,1H3,(H,23,25)(H,24,26). The zero-order valence-electron chi connectivity index (χ0n) is 14.4. The smallest absolute Gasteiger partial charge is 0.418 e. The fourth-order valence-corrected chi connectivity index (χ4v) is 2.72. The van der Waals surface area contributed by atoms with Gasteiger partial charge in [0.15, 0.2) is 0 Å². The van der Waals surface area contributed by atoms with E-state index in [1.165, 1.54) is 19.2 Å². The van der Waals surface area contributed by atoms with Crippen molar-refractivity contribution in [2.75, 3.05) is 17.7 Å². The first-order valence-corrected chi connectivity index (χ1v) is 8.19. The van der Waals surface area contributed by atoms with E-state index < -0.39 is 29.0 Å². The van der Waals surface area contributed by atoms with Gasteiger partial charge in [-0.05, 0) is 37.1 Å². The Kier molecular flexibility index (Phi) is 4.82. The molecule has 3 rings (SSSR count). The average molecular weight is 378 g/mol. The van der Waals surface area contributed by atoms with Crippen LogP contribution in [-0.2, 0) is 15.8 Å². The zero-order valence-corrected chi connectivity index (χ0v) is 14.4. The number of amides is 2. The van der Waals surface area contributed by atoms with Gasteiger partial charge in [0.05, 0.1) is 18.4 Å². The van der Waals surface area contributed by atoms with E-state index in [4.69, 9.17) is 4.74 Å². The lowest BCUT2D eigenvalue weighted by atomic mass is 10.0. The Hall–Kier alpha value is -3.03. The van der Waals surface area contributed by atoms with E-state index in [-0.39, 0.29) is 18.5 Å².